The van der Waals surface area contributed by atoms with Gasteiger partial charge in [0.1, 0.15) is 5.82 Å². The molecule has 1 aliphatic carbocycles. The van der Waals surface area contributed by atoms with Gasteiger partial charge in [-0.1, -0.05) is 29.8 Å². The van der Waals surface area contributed by atoms with Crippen LogP contribution >= 0.6 is 11.6 Å². The summed E-state index contributed by atoms with van der Waals surface area (Å²) in [5.74, 6) is 1.04. The molecule has 1 fully saturated rings. The number of aromatic nitrogens is 1. The van der Waals surface area contributed by atoms with Gasteiger partial charge in [-0.25, -0.2) is 4.98 Å². The summed E-state index contributed by atoms with van der Waals surface area (Å²) >= 11 is 6.08. The van der Waals surface area contributed by atoms with Crippen molar-refractivity contribution < 1.29 is 4.79 Å². The van der Waals surface area contributed by atoms with Gasteiger partial charge >= 0.3 is 0 Å². The maximum atomic E-state index is 12.7. The lowest BCUT2D eigenvalue weighted by atomic mass is 9.95. The third-order valence-electron chi connectivity index (χ3n) is 4.91. The van der Waals surface area contributed by atoms with Crippen molar-refractivity contribution in [3.8, 4) is 0 Å². The molecule has 3 rings (SSSR count). The molecular weight excluding hydrogens is 334 g/mol. The summed E-state index contributed by atoms with van der Waals surface area (Å²) in [6, 6.07) is 11.7. The molecule has 0 spiro atoms. The Balaban J connectivity index is 1.63. The smallest absolute Gasteiger partial charge is 0.230 e. The molecule has 4 nitrogen and oxygen atoms in total. The van der Waals surface area contributed by atoms with Crippen LogP contribution < -0.4 is 10.2 Å². The normalized spacial score (nSPS) is 14.8. The van der Waals surface area contributed by atoms with E-state index in [-0.39, 0.29) is 5.91 Å². The van der Waals surface area contributed by atoms with Crippen LogP contribution in [-0.4, -0.2) is 24.0 Å². The van der Waals surface area contributed by atoms with Crippen molar-refractivity contribution in [3.05, 3.63) is 58.7 Å². The first kappa shape index (κ1) is 17.7. The Hall–Kier alpha value is -2.07. The van der Waals surface area contributed by atoms with Crippen molar-refractivity contribution in [2.75, 3.05) is 18.0 Å². The van der Waals surface area contributed by atoms with Crippen LogP contribution in [0.4, 0.5) is 5.82 Å². The van der Waals surface area contributed by atoms with Crippen molar-refractivity contribution >= 4 is 23.3 Å². The van der Waals surface area contributed by atoms with Gasteiger partial charge in [0.25, 0.3) is 0 Å². The largest absolute Gasteiger partial charge is 0.357 e. The Morgan fingerprint density at radius 3 is 2.56 bits per heavy atom. The van der Waals surface area contributed by atoms with Gasteiger partial charge in [0.2, 0.25) is 5.91 Å². The van der Waals surface area contributed by atoms with Crippen LogP contribution in [0, 0.1) is 0 Å². The number of carbonyl (C=O) groups excluding carboxylic acids is 1. The van der Waals surface area contributed by atoms with E-state index in [1.165, 1.54) is 0 Å². The molecular formula is C20H24ClN3O. The molecule has 1 amide bonds. The van der Waals surface area contributed by atoms with E-state index < -0.39 is 5.41 Å². The number of pyridine rings is 1. The minimum absolute atomic E-state index is 0.0718. The van der Waals surface area contributed by atoms with E-state index in [0.29, 0.717) is 11.6 Å². The second kappa shape index (κ2) is 7.44. The number of halogens is 1. The third kappa shape index (κ3) is 3.79. The molecule has 0 unspecified atom stereocenters. The molecule has 0 bridgehead atoms. The highest BCUT2D eigenvalue weighted by molar-refractivity contribution is 6.30. The van der Waals surface area contributed by atoms with Crippen LogP contribution in [0.1, 0.15) is 37.8 Å². The van der Waals surface area contributed by atoms with Crippen LogP contribution in [0.15, 0.2) is 42.6 Å². The predicted octanol–water partition coefficient (Wildman–Crippen LogP) is 3.93. The van der Waals surface area contributed by atoms with Gasteiger partial charge in [-0.05, 0) is 56.0 Å². The van der Waals surface area contributed by atoms with Gasteiger partial charge in [-0.2, -0.15) is 0 Å². The SMILES string of the molecule is CCN(CC)c1ccc(CNC(=O)C2(c3cccc(Cl)c3)CC2)cn1. The molecule has 5 heteroatoms. The number of hydrogen-bond donors (Lipinski definition) is 1. The molecule has 132 valence electrons. The van der Waals surface area contributed by atoms with E-state index >= 15 is 0 Å². The summed E-state index contributed by atoms with van der Waals surface area (Å²) in [6.07, 6.45) is 3.59. The minimum Gasteiger partial charge on any atom is -0.357 e. The van der Waals surface area contributed by atoms with E-state index in [4.69, 9.17) is 11.6 Å². The van der Waals surface area contributed by atoms with Gasteiger partial charge in [-0.15, -0.1) is 0 Å². The minimum atomic E-state index is -0.403. The maximum Gasteiger partial charge on any atom is 0.230 e. The zero-order valence-corrected chi connectivity index (χ0v) is 15.5. The van der Waals surface area contributed by atoms with Crippen LogP contribution in [0.25, 0.3) is 0 Å². The highest BCUT2D eigenvalue weighted by Gasteiger charge is 2.51. The lowest BCUT2D eigenvalue weighted by Gasteiger charge is -2.20. The monoisotopic (exact) mass is 357 g/mol. The Kier molecular flexibility index (Phi) is 5.28. The van der Waals surface area contributed by atoms with Crippen molar-refractivity contribution in [3.63, 3.8) is 0 Å². The highest BCUT2D eigenvalue weighted by Crippen LogP contribution is 2.48. The zero-order valence-electron chi connectivity index (χ0n) is 14.8. The Labute approximate surface area is 154 Å². The second-order valence-electron chi connectivity index (χ2n) is 6.47. The van der Waals surface area contributed by atoms with Crippen molar-refractivity contribution in [1.29, 1.82) is 0 Å². The number of rotatable bonds is 7. The summed E-state index contributed by atoms with van der Waals surface area (Å²) in [7, 11) is 0. The molecule has 1 aliphatic rings. The number of carbonyl (C=O) groups is 1. The molecule has 2 aromatic rings. The molecule has 0 aliphatic heterocycles. The fourth-order valence-corrected chi connectivity index (χ4v) is 3.36. The summed E-state index contributed by atoms with van der Waals surface area (Å²) in [5, 5.41) is 3.73. The number of hydrogen-bond acceptors (Lipinski definition) is 3. The Bertz CT molecular complexity index is 737. The first-order valence-corrected chi connectivity index (χ1v) is 9.21. The van der Waals surface area contributed by atoms with Gasteiger partial charge in [0.15, 0.2) is 0 Å². The third-order valence-corrected chi connectivity index (χ3v) is 5.15. The van der Waals surface area contributed by atoms with Crippen LogP contribution in [0.5, 0.6) is 0 Å². The highest BCUT2D eigenvalue weighted by atomic mass is 35.5. The Morgan fingerprint density at radius 2 is 2.00 bits per heavy atom. The summed E-state index contributed by atoms with van der Waals surface area (Å²) in [5.41, 5.74) is 1.61. The van der Waals surface area contributed by atoms with E-state index in [1.807, 2.05) is 42.6 Å². The van der Waals surface area contributed by atoms with Crippen molar-refractivity contribution in [2.24, 2.45) is 0 Å². The first-order valence-electron chi connectivity index (χ1n) is 8.83. The fourth-order valence-electron chi connectivity index (χ4n) is 3.17. The lowest BCUT2D eigenvalue weighted by molar-refractivity contribution is -0.123. The van der Waals surface area contributed by atoms with Gasteiger partial charge in [0.05, 0.1) is 5.41 Å². The lowest BCUT2D eigenvalue weighted by Crippen LogP contribution is -2.34. The van der Waals surface area contributed by atoms with Crippen LogP contribution in [-0.2, 0) is 16.8 Å². The van der Waals surface area contributed by atoms with Crippen molar-refractivity contribution in [2.45, 2.75) is 38.6 Å². The number of benzene rings is 1. The maximum absolute atomic E-state index is 12.7. The molecule has 0 saturated heterocycles. The molecule has 1 heterocycles. The molecule has 1 N–H and O–H groups in total. The van der Waals surface area contributed by atoms with Crippen LogP contribution in [0.3, 0.4) is 0 Å². The number of nitrogens with one attached hydrogen (secondary N) is 1. The van der Waals surface area contributed by atoms with E-state index in [1.54, 1.807) is 0 Å². The summed E-state index contributed by atoms with van der Waals surface area (Å²) in [6.45, 7) is 6.59. The molecule has 1 aromatic heterocycles. The van der Waals surface area contributed by atoms with Gasteiger partial charge < -0.3 is 10.2 Å². The second-order valence-corrected chi connectivity index (χ2v) is 6.91. The van der Waals surface area contributed by atoms with Gasteiger partial charge in [-0.3, -0.25) is 4.79 Å². The molecule has 0 radical (unpaired) electrons. The first-order chi connectivity index (χ1) is 12.1. The molecule has 25 heavy (non-hydrogen) atoms. The standard InChI is InChI=1S/C20H24ClN3O/c1-3-24(4-2)18-9-8-15(13-22-18)14-23-19(25)20(10-11-20)16-6-5-7-17(21)12-16/h5-9,12-13H,3-4,10-11,14H2,1-2H3,(H,23,25). The fraction of sp³-hybridized carbons (Fsp3) is 0.400. The van der Waals surface area contributed by atoms with E-state index in [9.17, 15) is 4.79 Å². The van der Waals surface area contributed by atoms with Crippen LogP contribution in [0.2, 0.25) is 5.02 Å². The summed E-state index contributed by atoms with van der Waals surface area (Å²) < 4.78 is 0. The molecule has 1 aromatic carbocycles. The number of nitrogens with zero attached hydrogens (tertiary/aromatic N) is 2. The van der Waals surface area contributed by atoms with E-state index in [2.05, 4.69) is 29.0 Å². The molecule has 0 atom stereocenters. The Morgan fingerprint density at radius 1 is 1.24 bits per heavy atom. The quantitative estimate of drug-likeness (QED) is 0.816. The van der Waals surface area contributed by atoms with E-state index in [0.717, 1.165) is 42.9 Å². The average Bonchev–Trinajstić information content (AvgIpc) is 3.44. The van der Waals surface area contributed by atoms with Crippen molar-refractivity contribution in [1.82, 2.24) is 10.3 Å². The topological polar surface area (TPSA) is 45.2 Å². The number of anilines is 1. The average molecular weight is 358 g/mol. The zero-order chi connectivity index (χ0) is 17.9. The predicted molar refractivity (Wildman–Crippen MR) is 102 cm³/mol. The number of amides is 1. The summed E-state index contributed by atoms with van der Waals surface area (Å²) in [4.78, 5) is 19.4. The molecule has 1 saturated carbocycles. The van der Waals surface area contributed by atoms with Gasteiger partial charge in [0, 0.05) is 30.9 Å².